The molecule has 0 fully saturated rings. The first-order valence-electron chi connectivity index (χ1n) is 22.4. The second kappa shape index (κ2) is 28.6. The van der Waals surface area contributed by atoms with Crippen LogP contribution < -0.4 is 26.6 Å². The predicted octanol–water partition coefficient (Wildman–Crippen LogP) is 5.95. The number of nitrogens with one attached hydrogen (secondary N) is 5. The molecule has 5 amide bonds. The van der Waals surface area contributed by atoms with E-state index in [1.807, 2.05) is 19.1 Å². The number of carboxylic acid groups (broad SMARTS) is 3. The molecule has 3 rings (SSSR count). The fourth-order valence-corrected chi connectivity index (χ4v) is 7.10. The average Bonchev–Trinajstić information content (AvgIpc) is 3.29. The molecule has 1 aromatic heterocycles. The first-order valence-corrected chi connectivity index (χ1v) is 22.4. The number of ketones is 2. The molecule has 0 saturated heterocycles. The number of unbranched alkanes of at least 4 members (excludes halogenated alkanes) is 1. The molecule has 3 aromatic rings. The van der Waals surface area contributed by atoms with Gasteiger partial charge in [-0.05, 0) is 92.0 Å². The summed E-state index contributed by atoms with van der Waals surface area (Å²) >= 11 is 0. The van der Waals surface area contributed by atoms with Crippen LogP contribution >= 0.6 is 0 Å². The van der Waals surface area contributed by atoms with Crippen molar-refractivity contribution in [2.45, 2.75) is 110 Å². The van der Waals surface area contributed by atoms with E-state index in [1.54, 1.807) is 80.8 Å². The molecule has 0 radical (unpaired) electrons. The number of aryl methyl sites for hydroxylation is 1. The monoisotopic (exact) mass is 926 g/mol. The molecule has 2 aromatic carbocycles. The Morgan fingerprint density at radius 1 is 0.731 bits per heavy atom. The van der Waals surface area contributed by atoms with Gasteiger partial charge in [0, 0.05) is 80.3 Å². The first-order chi connectivity index (χ1) is 31.9. The third-order valence-corrected chi connectivity index (χ3v) is 11.2. The summed E-state index contributed by atoms with van der Waals surface area (Å²) in [5.74, 6) is -9.03. The number of benzene rings is 2. The quantitative estimate of drug-likeness (QED) is 0.0284. The summed E-state index contributed by atoms with van der Waals surface area (Å²) in [7, 11) is 0. The van der Waals surface area contributed by atoms with Gasteiger partial charge in [-0.25, -0.2) is 9.59 Å². The highest BCUT2D eigenvalue weighted by molar-refractivity contribution is 6.00. The van der Waals surface area contributed by atoms with Crippen LogP contribution in [0.4, 0.5) is 16.2 Å². The van der Waals surface area contributed by atoms with Crippen LogP contribution in [0.25, 0.3) is 6.08 Å². The number of Topliss-reactive ketones (excluding diaryl/α,β-unsaturated/α-hetero) is 2. The maximum Gasteiger partial charge on any atom is 0.326 e. The summed E-state index contributed by atoms with van der Waals surface area (Å²) in [5.41, 5.74) is 3.34. The lowest BCUT2D eigenvalue weighted by Crippen LogP contribution is -2.48. The Hall–Kier alpha value is -7.24. The molecule has 18 nitrogen and oxygen atoms in total. The van der Waals surface area contributed by atoms with Crippen molar-refractivity contribution in [3.8, 4) is 0 Å². The maximum atomic E-state index is 14.1. The van der Waals surface area contributed by atoms with Gasteiger partial charge < -0.3 is 41.9 Å². The molecule has 0 aliphatic carbocycles. The van der Waals surface area contributed by atoms with Gasteiger partial charge in [0.25, 0.3) is 0 Å². The number of urea groups is 1. The summed E-state index contributed by atoms with van der Waals surface area (Å²) in [5, 5.41) is 41.6. The van der Waals surface area contributed by atoms with Gasteiger partial charge in [-0.15, -0.1) is 0 Å². The van der Waals surface area contributed by atoms with Gasteiger partial charge in [-0.1, -0.05) is 63.1 Å². The predicted molar refractivity (Wildman–Crippen MR) is 250 cm³/mol. The number of hydrogen-bond donors (Lipinski definition) is 8. The Morgan fingerprint density at radius 3 is 2.07 bits per heavy atom. The number of aliphatic carboxylic acids is 3. The number of carbonyl (C=O) groups excluding carboxylic acids is 6. The number of nitrogens with zero attached hydrogens (tertiary/aromatic N) is 1. The van der Waals surface area contributed by atoms with Crippen LogP contribution in [-0.4, -0.2) is 92.2 Å². The minimum atomic E-state index is -1.42. The van der Waals surface area contributed by atoms with Gasteiger partial charge in [0.15, 0.2) is 5.78 Å². The molecule has 18 heteroatoms. The van der Waals surface area contributed by atoms with Crippen LogP contribution in [0.5, 0.6) is 0 Å². The van der Waals surface area contributed by atoms with Gasteiger partial charge in [0.05, 0.1) is 6.04 Å². The van der Waals surface area contributed by atoms with E-state index in [9.17, 15) is 53.4 Å². The van der Waals surface area contributed by atoms with E-state index >= 15 is 0 Å². The Kier molecular flexibility index (Phi) is 23.1. The molecule has 1 heterocycles. The third-order valence-electron chi connectivity index (χ3n) is 11.2. The van der Waals surface area contributed by atoms with E-state index in [1.165, 1.54) is 6.08 Å². The van der Waals surface area contributed by atoms with Crippen LogP contribution in [0.3, 0.4) is 0 Å². The zero-order chi connectivity index (χ0) is 49.3. The molecule has 0 saturated carbocycles. The third kappa shape index (κ3) is 20.6. The molecule has 67 heavy (non-hydrogen) atoms. The first kappa shape index (κ1) is 54.1. The second-order valence-corrected chi connectivity index (χ2v) is 16.5. The van der Waals surface area contributed by atoms with E-state index in [4.69, 9.17) is 5.11 Å². The van der Waals surface area contributed by atoms with E-state index < -0.39 is 84.2 Å². The van der Waals surface area contributed by atoms with Crippen LogP contribution in [0, 0.1) is 24.7 Å². The summed E-state index contributed by atoms with van der Waals surface area (Å²) in [6.07, 6.45) is 5.43. The zero-order valence-corrected chi connectivity index (χ0v) is 38.1. The normalized spacial score (nSPS) is 13.2. The summed E-state index contributed by atoms with van der Waals surface area (Å²) < 4.78 is 0. The lowest BCUT2D eigenvalue weighted by Gasteiger charge is -2.27. The van der Waals surface area contributed by atoms with Crippen LogP contribution in [0.2, 0.25) is 0 Å². The zero-order valence-electron chi connectivity index (χ0n) is 38.1. The number of carboxylic acids is 3. The average molecular weight is 927 g/mol. The Labute approximate surface area is 389 Å². The highest BCUT2D eigenvalue weighted by Gasteiger charge is 2.34. The molecule has 360 valence electrons. The topological polar surface area (TPSA) is 287 Å². The number of pyridine rings is 1. The van der Waals surface area contributed by atoms with Gasteiger partial charge in [0.1, 0.15) is 11.8 Å². The summed E-state index contributed by atoms with van der Waals surface area (Å²) in [4.78, 5) is 119. The number of amides is 5. The largest absolute Gasteiger partial charge is 0.481 e. The van der Waals surface area contributed by atoms with Gasteiger partial charge in [-0.2, -0.15) is 0 Å². The Balaban J connectivity index is 1.75. The molecule has 0 aliphatic heterocycles. The van der Waals surface area contributed by atoms with E-state index in [0.717, 1.165) is 11.1 Å². The summed E-state index contributed by atoms with van der Waals surface area (Å²) in [6, 6.07) is 14.2. The van der Waals surface area contributed by atoms with Crippen molar-refractivity contribution in [1.29, 1.82) is 0 Å². The van der Waals surface area contributed by atoms with Crippen molar-refractivity contribution < 1.29 is 58.5 Å². The number of hydrogen-bond acceptors (Lipinski definition) is 10. The molecule has 1 unspecified atom stereocenters. The van der Waals surface area contributed by atoms with Crippen molar-refractivity contribution in [3.05, 3.63) is 95.8 Å². The van der Waals surface area contributed by atoms with Gasteiger partial charge in [-0.3, -0.25) is 38.5 Å². The van der Waals surface area contributed by atoms with Crippen molar-refractivity contribution in [1.82, 2.24) is 20.9 Å². The standard InChI is InChI=1S/C49H62N6O12/c1-4-31(2)38(47(64)54-41(48(65)66)15-9-16-44(59)60)29-42(57)40(22-24-45(61)62)53-46(63)35(13-7-8-26-51-43(58)23-19-34-12-10-25-50-30-34)28-37(56)27-33-17-20-36(21-18-33)52-49(67)55-39-14-6-5-11-32(39)3/h5-6,10-12,14,17-21,23,25,30-31,35,38,40-41H,4,7-9,13,15-16,22,24,26-29H2,1-3H3,(H,51,58)(H,53,63)(H,54,64)(H,59,60)(H,61,62)(H,65,66)(H2,52,55,67)/b23-19+/t31?,35-,38+,40+,41+/m1/s1. The minimum absolute atomic E-state index is 0.0233. The molecule has 0 aliphatic rings. The van der Waals surface area contributed by atoms with Crippen molar-refractivity contribution in [2.24, 2.45) is 17.8 Å². The molecule has 0 spiro atoms. The second-order valence-electron chi connectivity index (χ2n) is 16.5. The van der Waals surface area contributed by atoms with Crippen LogP contribution in [-0.2, 0) is 44.8 Å². The smallest absolute Gasteiger partial charge is 0.326 e. The fraction of sp³-hybridized carbons (Fsp3) is 0.429. The van der Waals surface area contributed by atoms with Crippen molar-refractivity contribution >= 4 is 70.7 Å². The van der Waals surface area contributed by atoms with Crippen molar-refractivity contribution in [2.75, 3.05) is 17.2 Å². The van der Waals surface area contributed by atoms with Crippen LogP contribution in [0.1, 0.15) is 101 Å². The SMILES string of the molecule is CCC(C)[C@H](CC(=O)[C@H](CCC(=O)O)NC(=O)[C@H](CCCCNC(=O)/C=C/c1cccnc1)CC(=O)Cc1ccc(NC(=O)Nc2ccccc2C)cc1)C(=O)N[C@@H](CCCC(=O)O)C(=O)O. The number of anilines is 2. The lowest BCUT2D eigenvalue weighted by atomic mass is 9.84. The van der Waals surface area contributed by atoms with Crippen molar-refractivity contribution in [3.63, 3.8) is 0 Å². The lowest BCUT2D eigenvalue weighted by molar-refractivity contribution is -0.144. The van der Waals surface area contributed by atoms with Gasteiger partial charge >= 0.3 is 23.9 Å². The number of carbonyl (C=O) groups is 9. The minimum Gasteiger partial charge on any atom is -0.481 e. The molecule has 8 N–H and O–H groups in total. The van der Waals surface area contributed by atoms with Crippen LogP contribution in [0.15, 0.2) is 79.1 Å². The maximum absolute atomic E-state index is 14.1. The molecular weight excluding hydrogens is 865 g/mol. The highest BCUT2D eigenvalue weighted by atomic mass is 16.4. The van der Waals surface area contributed by atoms with E-state index in [-0.39, 0.29) is 63.2 Å². The number of aromatic nitrogens is 1. The van der Waals surface area contributed by atoms with Gasteiger partial charge in [0.2, 0.25) is 17.7 Å². The summed E-state index contributed by atoms with van der Waals surface area (Å²) in [6.45, 7) is 5.58. The Bertz CT molecular complexity index is 2200. The highest BCUT2D eigenvalue weighted by Crippen LogP contribution is 2.24. The molecule has 5 atom stereocenters. The Morgan fingerprint density at radius 2 is 1.43 bits per heavy atom. The molecular formula is C49H62N6O12. The molecule has 0 bridgehead atoms. The number of rotatable bonds is 30. The van der Waals surface area contributed by atoms with E-state index in [0.29, 0.717) is 36.2 Å². The number of para-hydroxylation sites is 1. The fourth-order valence-electron chi connectivity index (χ4n) is 7.10. The van der Waals surface area contributed by atoms with E-state index in [2.05, 4.69) is 31.6 Å².